The number of carboxylic acid groups (broad SMARTS) is 1. The molecule has 7 nitrogen and oxygen atoms in total. The van der Waals surface area contributed by atoms with Crippen molar-refractivity contribution in [2.75, 3.05) is 32.5 Å². The van der Waals surface area contributed by atoms with E-state index in [9.17, 15) is 19.4 Å². The number of methoxy groups -OCH3 is 1. The second-order valence-corrected chi connectivity index (χ2v) is 10.8. The molecule has 37 heavy (non-hydrogen) atoms. The van der Waals surface area contributed by atoms with Gasteiger partial charge in [-0.1, -0.05) is 11.6 Å². The molecule has 1 fully saturated rings. The number of halogens is 2. The highest BCUT2D eigenvalue weighted by Gasteiger charge is 2.31. The third-order valence-corrected chi connectivity index (χ3v) is 8.26. The summed E-state index contributed by atoms with van der Waals surface area (Å²) in [6.07, 6.45) is 4.39. The Hall–Kier alpha value is -2.46. The molecule has 198 valence electrons. The normalized spacial score (nSPS) is 19.1. The van der Waals surface area contributed by atoms with Gasteiger partial charge in [-0.25, -0.2) is 9.37 Å². The van der Waals surface area contributed by atoms with Crippen LogP contribution in [0.2, 0.25) is 5.02 Å². The van der Waals surface area contributed by atoms with Crippen molar-refractivity contribution in [2.45, 2.75) is 36.8 Å². The van der Waals surface area contributed by atoms with Crippen molar-refractivity contribution >= 4 is 40.2 Å². The number of thioether (sulfide) groups is 1. The standard InChI is InChI=1S/C27H31ClFN3O4S/c1-36-19-5-6-23-20(14-19)26(21(28)15-31-23)24(33)7-4-17-8-10-32(16-18(17)13-25(34)35)11-12-37-27-22(29)3-2-9-30-27/h2-3,5-6,9,14-15,17-18,24,33H,4,7-8,10-13,16H2,1H3,(H,34,35). The number of carbonyl (C=O) groups is 1. The van der Waals surface area contributed by atoms with Gasteiger partial charge < -0.3 is 19.8 Å². The monoisotopic (exact) mass is 547 g/mol. The molecule has 1 aliphatic heterocycles. The summed E-state index contributed by atoms with van der Waals surface area (Å²) in [5, 5.41) is 22.2. The van der Waals surface area contributed by atoms with Crippen LogP contribution in [0.4, 0.5) is 4.39 Å². The van der Waals surface area contributed by atoms with Gasteiger partial charge in [0.1, 0.15) is 10.8 Å². The van der Waals surface area contributed by atoms with Gasteiger partial charge in [-0.05, 0) is 68.0 Å². The molecule has 3 heterocycles. The van der Waals surface area contributed by atoms with E-state index in [1.165, 1.54) is 17.8 Å². The SMILES string of the molecule is COc1ccc2ncc(Cl)c(C(O)CCC3CCN(CCSc4ncccc4F)CC3CC(=O)O)c2c1. The molecule has 0 bridgehead atoms. The van der Waals surface area contributed by atoms with Gasteiger partial charge in [-0.3, -0.25) is 9.78 Å². The zero-order valence-corrected chi connectivity index (χ0v) is 22.2. The van der Waals surface area contributed by atoms with Crippen molar-refractivity contribution in [3.63, 3.8) is 0 Å². The molecule has 3 atom stereocenters. The summed E-state index contributed by atoms with van der Waals surface area (Å²) in [6.45, 7) is 2.22. The molecule has 4 rings (SSSR count). The van der Waals surface area contributed by atoms with Crippen LogP contribution in [0, 0.1) is 17.7 Å². The minimum absolute atomic E-state index is 0.0280. The largest absolute Gasteiger partial charge is 0.497 e. The second-order valence-electron chi connectivity index (χ2n) is 9.34. The minimum Gasteiger partial charge on any atom is -0.497 e. The van der Waals surface area contributed by atoms with Gasteiger partial charge in [0.05, 0.1) is 23.8 Å². The van der Waals surface area contributed by atoms with Crippen molar-refractivity contribution in [3.8, 4) is 5.75 Å². The number of aliphatic hydroxyl groups excluding tert-OH is 1. The van der Waals surface area contributed by atoms with Crippen molar-refractivity contribution in [2.24, 2.45) is 11.8 Å². The minimum atomic E-state index is -0.822. The Morgan fingerprint density at radius 1 is 1.32 bits per heavy atom. The molecule has 0 aliphatic carbocycles. The van der Waals surface area contributed by atoms with E-state index in [0.717, 1.165) is 30.4 Å². The van der Waals surface area contributed by atoms with Gasteiger partial charge in [0.2, 0.25) is 0 Å². The fraction of sp³-hybridized carbons (Fsp3) is 0.444. The quantitative estimate of drug-likeness (QED) is 0.306. The van der Waals surface area contributed by atoms with Gasteiger partial charge in [0.15, 0.2) is 5.82 Å². The first kappa shape index (κ1) is 27.6. The number of aliphatic carboxylic acids is 1. The number of benzene rings is 1. The molecule has 10 heteroatoms. The van der Waals surface area contributed by atoms with Crippen molar-refractivity contribution < 1.29 is 24.1 Å². The number of carboxylic acids is 1. The zero-order valence-electron chi connectivity index (χ0n) is 20.6. The summed E-state index contributed by atoms with van der Waals surface area (Å²) < 4.78 is 19.2. The lowest BCUT2D eigenvalue weighted by molar-refractivity contribution is -0.139. The first-order valence-corrected chi connectivity index (χ1v) is 13.7. The predicted molar refractivity (Wildman–Crippen MR) is 143 cm³/mol. The number of aromatic nitrogens is 2. The Labute approximate surface area is 225 Å². The number of ether oxygens (including phenoxy) is 1. The smallest absolute Gasteiger partial charge is 0.303 e. The van der Waals surface area contributed by atoms with E-state index in [2.05, 4.69) is 14.9 Å². The lowest BCUT2D eigenvalue weighted by atomic mass is 9.79. The fourth-order valence-corrected chi connectivity index (χ4v) is 6.25. The summed E-state index contributed by atoms with van der Waals surface area (Å²) in [5.74, 6) is 0.326. The summed E-state index contributed by atoms with van der Waals surface area (Å²) in [7, 11) is 1.58. The molecule has 0 radical (unpaired) electrons. The van der Waals surface area contributed by atoms with E-state index in [4.69, 9.17) is 16.3 Å². The first-order valence-electron chi connectivity index (χ1n) is 12.3. The van der Waals surface area contributed by atoms with Crippen molar-refractivity contribution in [1.82, 2.24) is 14.9 Å². The maximum absolute atomic E-state index is 13.8. The van der Waals surface area contributed by atoms with Gasteiger partial charge in [-0.15, -0.1) is 11.8 Å². The summed E-state index contributed by atoms with van der Waals surface area (Å²) >= 11 is 7.83. The topological polar surface area (TPSA) is 95.8 Å². The van der Waals surface area contributed by atoms with Crippen molar-refractivity contribution in [3.05, 3.63) is 59.1 Å². The number of hydrogen-bond acceptors (Lipinski definition) is 7. The van der Waals surface area contributed by atoms with E-state index in [0.29, 0.717) is 46.5 Å². The van der Waals surface area contributed by atoms with Crippen LogP contribution in [-0.2, 0) is 4.79 Å². The Morgan fingerprint density at radius 3 is 2.92 bits per heavy atom. The third kappa shape index (κ3) is 7.10. The van der Waals surface area contributed by atoms with Crippen LogP contribution in [0.1, 0.15) is 37.4 Å². The number of piperidine rings is 1. The van der Waals surface area contributed by atoms with Gasteiger partial charge in [-0.2, -0.15) is 0 Å². The van der Waals surface area contributed by atoms with Crippen LogP contribution >= 0.6 is 23.4 Å². The average molecular weight is 548 g/mol. The van der Waals surface area contributed by atoms with Gasteiger partial charge in [0.25, 0.3) is 0 Å². The van der Waals surface area contributed by atoms with Crippen molar-refractivity contribution in [1.29, 1.82) is 0 Å². The van der Waals surface area contributed by atoms with E-state index < -0.39 is 12.1 Å². The molecule has 1 aliphatic rings. The number of likely N-dealkylation sites (tertiary alicyclic amines) is 1. The Balaban J connectivity index is 1.38. The number of fused-ring (bicyclic) bond motifs is 1. The van der Waals surface area contributed by atoms with Crippen LogP contribution in [0.25, 0.3) is 10.9 Å². The molecule has 3 aromatic rings. The van der Waals surface area contributed by atoms with Gasteiger partial charge in [0, 0.05) is 48.6 Å². The summed E-state index contributed by atoms with van der Waals surface area (Å²) in [6, 6.07) is 8.44. The highest BCUT2D eigenvalue weighted by atomic mass is 35.5. The number of rotatable bonds is 11. The number of aliphatic hydroxyl groups is 1. The third-order valence-electron chi connectivity index (χ3n) is 7.00. The van der Waals surface area contributed by atoms with Crippen LogP contribution in [0.5, 0.6) is 5.75 Å². The Morgan fingerprint density at radius 2 is 2.16 bits per heavy atom. The Bertz CT molecular complexity index is 1230. The summed E-state index contributed by atoms with van der Waals surface area (Å²) in [4.78, 5) is 22.3. The van der Waals surface area contributed by atoms with E-state index in [1.807, 2.05) is 18.2 Å². The van der Waals surface area contributed by atoms with Crippen LogP contribution in [0.15, 0.2) is 47.8 Å². The molecular weight excluding hydrogens is 517 g/mol. The second kappa shape index (κ2) is 12.9. The Kier molecular flexibility index (Phi) is 9.59. The molecule has 0 spiro atoms. The number of nitrogens with zero attached hydrogens (tertiary/aromatic N) is 3. The highest BCUT2D eigenvalue weighted by molar-refractivity contribution is 7.99. The fourth-order valence-electron chi connectivity index (χ4n) is 5.09. The maximum Gasteiger partial charge on any atom is 0.303 e. The first-order chi connectivity index (χ1) is 17.9. The number of pyridine rings is 2. The number of hydrogen-bond donors (Lipinski definition) is 2. The molecule has 2 N–H and O–H groups in total. The molecule has 1 saturated heterocycles. The predicted octanol–water partition coefficient (Wildman–Crippen LogP) is 5.45. The lowest BCUT2D eigenvalue weighted by Crippen LogP contribution is -2.42. The van der Waals surface area contributed by atoms with Crippen LogP contribution < -0.4 is 4.74 Å². The highest BCUT2D eigenvalue weighted by Crippen LogP contribution is 2.37. The zero-order chi connectivity index (χ0) is 26.4. The average Bonchev–Trinajstić information content (AvgIpc) is 2.88. The van der Waals surface area contributed by atoms with Crippen LogP contribution in [0.3, 0.4) is 0 Å². The summed E-state index contributed by atoms with van der Waals surface area (Å²) in [5.41, 5.74) is 1.34. The van der Waals surface area contributed by atoms with E-state index in [1.54, 1.807) is 25.6 Å². The van der Waals surface area contributed by atoms with Gasteiger partial charge >= 0.3 is 5.97 Å². The molecular formula is C27H31ClFN3O4S. The molecule has 0 amide bonds. The molecule has 3 unspecified atom stereocenters. The van der Waals surface area contributed by atoms with Crippen LogP contribution in [-0.4, -0.2) is 63.5 Å². The maximum atomic E-state index is 13.8. The van der Waals surface area contributed by atoms with E-state index in [-0.39, 0.29) is 24.1 Å². The molecule has 1 aromatic carbocycles. The van der Waals surface area contributed by atoms with E-state index >= 15 is 0 Å². The molecule has 2 aromatic heterocycles. The lowest BCUT2D eigenvalue weighted by Gasteiger charge is -2.38. The molecule has 0 saturated carbocycles.